The average molecular weight is 814 g/mol. The van der Waals surface area contributed by atoms with Gasteiger partial charge in [-0.05, 0) is 37.5 Å². The van der Waals surface area contributed by atoms with Crippen molar-refractivity contribution in [1.82, 2.24) is 49.2 Å². The number of likely N-dealkylation sites (tertiary alicyclic amines) is 2. The lowest BCUT2D eigenvalue weighted by molar-refractivity contribution is -0.139. The summed E-state index contributed by atoms with van der Waals surface area (Å²) in [7, 11) is 0. The fraction of sp³-hybridized carbons (Fsp3) is 0.487. The fourth-order valence-electron chi connectivity index (χ4n) is 8.08. The van der Waals surface area contributed by atoms with E-state index in [1.54, 1.807) is 33.8 Å². The highest BCUT2D eigenvalue weighted by Crippen LogP contribution is 2.38. The summed E-state index contributed by atoms with van der Waals surface area (Å²) in [6.45, 7) is 9.66. The standard InChI is InChI=1S/C39H47N11O5S2/c1-20(2)33(42-22(5)52)36(54)49-10-6-8-28(49)24-12-23(13-40-24)26-15-47-17-30(56-38(47)44-26)31-18-48-16-27(45-39(48)57-31)35-41-14-25(43-35)29-9-7-11-50(29)37(55)34(21(3)4)46-32(53)19-51/h13-18,20-21,28-29,33-34,51H,6-12,19H2,1-5H3,(H,41,43)(H,42,52)(H,46,53)/t28?,29-,33-,34-/m0/s1. The molecule has 3 aliphatic rings. The lowest BCUT2D eigenvalue weighted by Crippen LogP contribution is -2.53. The molecule has 5 aromatic heterocycles. The van der Waals surface area contributed by atoms with Gasteiger partial charge in [0.15, 0.2) is 15.7 Å². The number of aromatic amines is 1. The number of rotatable bonds is 12. The molecule has 0 aromatic carbocycles. The molecule has 57 heavy (non-hydrogen) atoms. The molecule has 2 fully saturated rings. The molecule has 5 aromatic rings. The second-order valence-electron chi connectivity index (χ2n) is 15.7. The maximum atomic E-state index is 13.5. The molecule has 4 amide bonds. The Morgan fingerprint density at radius 1 is 0.842 bits per heavy atom. The molecule has 0 bridgehead atoms. The molecule has 0 spiro atoms. The summed E-state index contributed by atoms with van der Waals surface area (Å²) in [5.74, 6) is -0.537. The minimum absolute atomic E-state index is 0.0196. The number of fused-ring (bicyclic) bond motifs is 2. The number of carbonyl (C=O) groups excluding carboxylic acids is 4. The molecule has 4 N–H and O–H groups in total. The highest BCUT2D eigenvalue weighted by Gasteiger charge is 2.39. The van der Waals surface area contributed by atoms with E-state index in [2.05, 4.69) is 33.0 Å². The van der Waals surface area contributed by atoms with Crippen LogP contribution in [0.5, 0.6) is 0 Å². The number of imidazole rings is 3. The largest absolute Gasteiger partial charge is 0.387 e. The Morgan fingerprint density at radius 2 is 1.42 bits per heavy atom. The van der Waals surface area contributed by atoms with Crippen LogP contribution in [0.1, 0.15) is 84.2 Å². The molecule has 18 heteroatoms. The van der Waals surface area contributed by atoms with Crippen molar-refractivity contribution in [3.8, 4) is 21.3 Å². The third-order valence-corrected chi connectivity index (χ3v) is 13.2. The van der Waals surface area contributed by atoms with Gasteiger partial charge in [-0.25, -0.2) is 15.0 Å². The minimum Gasteiger partial charge on any atom is -0.387 e. The zero-order chi connectivity index (χ0) is 40.1. The normalized spacial score (nSPS) is 19.6. The minimum atomic E-state index is -0.723. The van der Waals surface area contributed by atoms with Gasteiger partial charge in [0.1, 0.15) is 24.4 Å². The van der Waals surface area contributed by atoms with Crippen molar-refractivity contribution in [3.63, 3.8) is 0 Å². The van der Waals surface area contributed by atoms with Gasteiger partial charge in [-0.3, -0.25) is 33.0 Å². The molecule has 16 nitrogen and oxygen atoms in total. The first-order valence-electron chi connectivity index (χ1n) is 19.5. The number of aliphatic hydroxyl groups excluding tert-OH is 1. The SMILES string of the molecule is CC(=O)N[C@H](C(=O)N1CCCC1C1=NC=C(c2cn3cc(-c4cn5cc(-c6ncc([C@@H]7CCCN7C(=O)[C@@H](NC(=O)CO)C(C)C)[nH]6)nc5s4)sc3n2)C1)C(C)C. The van der Waals surface area contributed by atoms with Crippen molar-refractivity contribution in [2.75, 3.05) is 19.7 Å². The smallest absolute Gasteiger partial charge is 0.246 e. The van der Waals surface area contributed by atoms with Crippen LogP contribution in [0.2, 0.25) is 0 Å². The lowest BCUT2D eigenvalue weighted by Gasteiger charge is -2.31. The molecule has 2 saturated heterocycles. The predicted molar refractivity (Wildman–Crippen MR) is 217 cm³/mol. The summed E-state index contributed by atoms with van der Waals surface area (Å²) < 4.78 is 4.03. The van der Waals surface area contributed by atoms with Crippen LogP contribution in [0.4, 0.5) is 0 Å². The summed E-state index contributed by atoms with van der Waals surface area (Å²) in [4.78, 5) is 80.9. The molecule has 0 saturated carbocycles. The number of nitrogens with one attached hydrogen (secondary N) is 3. The van der Waals surface area contributed by atoms with Crippen LogP contribution in [-0.4, -0.2) is 111 Å². The van der Waals surface area contributed by atoms with Crippen LogP contribution < -0.4 is 10.6 Å². The monoisotopic (exact) mass is 813 g/mol. The number of carbonyl (C=O) groups is 4. The average Bonchev–Trinajstić information content (AvgIpc) is 4.01. The second kappa shape index (κ2) is 15.6. The van der Waals surface area contributed by atoms with Gasteiger partial charge in [0, 0.05) is 68.7 Å². The van der Waals surface area contributed by atoms with Gasteiger partial charge < -0.3 is 30.5 Å². The quantitative estimate of drug-likeness (QED) is 0.143. The fourth-order valence-corrected chi connectivity index (χ4v) is 10.1. The van der Waals surface area contributed by atoms with Gasteiger partial charge in [0.2, 0.25) is 23.6 Å². The van der Waals surface area contributed by atoms with Gasteiger partial charge >= 0.3 is 0 Å². The number of H-pyrrole nitrogens is 1. The van der Waals surface area contributed by atoms with Gasteiger partial charge in [-0.1, -0.05) is 50.4 Å². The molecule has 1 unspecified atom stereocenters. The van der Waals surface area contributed by atoms with Gasteiger partial charge in [-0.2, -0.15) is 0 Å². The topological polar surface area (TPSA) is 195 Å². The summed E-state index contributed by atoms with van der Waals surface area (Å²) >= 11 is 3.18. The van der Waals surface area contributed by atoms with Crippen LogP contribution in [0, 0.1) is 11.8 Å². The molecular weight excluding hydrogens is 767 g/mol. The van der Waals surface area contributed by atoms with E-state index >= 15 is 0 Å². The molecule has 0 radical (unpaired) electrons. The maximum absolute atomic E-state index is 13.5. The predicted octanol–water partition coefficient (Wildman–Crippen LogP) is 4.30. The van der Waals surface area contributed by atoms with Gasteiger partial charge in [-0.15, -0.1) is 0 Å². The van der Waals surface area contributed by atoms with Crippen LogP contribution in [-0.2, 0) is 19.2 Å². The van der Waals surface area contributed by atoms with Crippen LogP contribution in [0.25, 0.3) is 36.8 Å². The number of thiazole rings is 2. The van der Waals surface area contributed by atoms with Crippen LogP contribution >= 0.6 is 22.7 Å². The highest BCUT2D eigenvalue weighted by molar-refractivity contribution is 7.26. The van der Waals surface area contributed by atoms with Crippen molar-refractivity contribution in [2.24, 2.45) is 16.8 Å². The van der Waals surface area contributed by atoms with Crippen LogP contribution in [0.15, 0.2) is 42.2 Å². The summed E-state index contributed by atoms with van der Waals surface area (Å²) in [5.41, 5.74) is 4.35. The van der Waals surface area contributed by atoms with E-state index in [0.29, 0.717) is 31.0 Å². The first-order chi connectivity index (χ1) is 27.4. The Kier molecular flexibility index (Phi) is 10.6. The van der Waals surface area contributed by atoms with Crippen molar-refractivity contribution < 1.29 is 24.3 Å². The van der Waals surface area contributed by atoms with E-state index in [1.165, 1.54) is 6.92 Å². The summed E-state index contributed by atoms with van der Waals surface area (Å²) in [6.07, 6.45) is 15.7. The molecule has 8 heterocycles. The number of hydrogen-bond donors (Lipinski definition) is 4. The first-order valence-corrected chi connectivity index (χ1v) is 21.1. The van der Waals surface area contributed by atoms with Crippen LogP contribution in [0.3, 0.4) is 0 Å². The first kappa shape index (κ1) is 38.7. The molecular formula is C39H47N11O5S2. The van der Waals surface area contributed by atoms with E-state index in [4.69, 9.17) is 15.0 Å². The number of aliphatic hydroxyl groups is 1. The number of aliphatic imine (C=N–C) groups is 1. The van der Waals surface area contributed by atoms with E-state index in [0.717, 1.165) is 68.0 Å². The Labute approximate surface area is 337 Å². The van der Waals surface area contributed by atoms with Gasteiger partial charge in [0.25, 0.3) is 0 Å². The van der Waals surface area contributed by atoms with Crippen molar-refractivity contribution in [2.45, 2.75) is 90.9 Å². The molecule has 3 aliphatic heterocycles. The summed E-state index contributed by atoms with van der Waals surface area (Å²) in [6, 6.07) is -1.57. The Hall–Kier alpha value is -5.20. The van der Waals surface area contributed by atoms with E-state index in [1.807, 2.05) is 60.0 Å². The van der Waals surface area contributed by atoms with Crippen molar-refractivity contribution in [1.29, 1.82) is 0 Å². The number of hydrogen-bond acceptors (Lipinski definition) is 11. The molecule has 300 valence electrons. The third-order valence-electron chi connectivity index (χ3n) is 11.0. The van der Waals surface area contributed by atoms with Crippen molar-refractivity contribution in [3.05, 3.63) is 48.6 Å². The van der Waals surface area contributed by atoms with Gasteiger partial charge in [0.05, 0.1) is 39.4 Å². The van der Waals surface area contributed by atoms with E-state index in [9.17, 15) is 24.3 Å². The molecule has 4 atom stereocenters. The van der Waals surface area contributed by atoms with E-state index in [-0.39, 0.29) is 41.6 Å². The Bertz CT molecular complexity index is 2350. The molecule has 0 aliphatic carbocycles. The zero-order valence-electron chi connectivity index (χ0n) is 32.6. The Morgan fingerprint density at radius 3 is 2.02 bits per heavy atom. The highest BCUT2D eigenvalue weighted by atomic mass is 32.1. The second-order valence-corrected chi connectivity index (χ2v) is 17.7. The summed E-state index contributed by atoms with van der Waals surface area (Å²) in [5, 5.41) is 14.7. The third kappa shape index (κ3) is 7.52. The number of aromatic nitrogens is 6. The molecule has 8 rings (SSSR count). The zero-order valence-corrected chi connectivity index (χ0v) is 34.2. The Balaban J connectivity index is 0.920. The number of nitrogens with zero attached hydrogens (tertiary/aromatic N) is 8. The number of amides is 4. The van der Waals surface area contributed by atoms with Crippen molar-refractivity contribution >= 4 is 67.5 Å². The lowest BCUT2D eigenvalue weighted by atomic mass is 9.99. The maximum Gasteiger partial charge on any atom is 0.246 e. The number of allylic oxidation sites excluding steroid dienone is 1. The van der Waals surface area contributed by atoms with E-state index < -0.39 is 24.6 Å².